The van der Waals surface area contributed by atoms with Crippen molar-refractivity contribution in [1.82, 2.24) is 15.0 Å². The molecule has 0 atom stereocenters. The summed E-state index contributed by atoms with van der Waals surface area (Å²) in [5, 5.41) is 8.94. The number of imidazole rings is 1. The molecule has 0 radical (unpaired) electrons. The smallest absolute Gasteiger partial charge is 0.140 e. The van der Waals surface area contributed by atoms with Crippen LogP contribution in [-0.4, -0.2) is 22.1 Å². The zero-order valence-corrected chi connectivity index (χ0v) is 17.6. The minimum absolute atomic E-state index is 0.276. The zero-order chi connectivity index (χ0) is 21.2. The summed E-state index contributed by atoms with van der Waals surface area (Å²) in [5.41, 5.74) is 2.92. The number of hydrogen-bond acceptors (Lipinski definition) is 5. The van der Waals surface area contributed by atoms with Crippen molar-refractivity contribution < 1.29 is 9.47 Å². The Kier molecular flexibility index (Phi) is 7.85. The third kappa shape index (κ3) is 5.60. The van der Waals surface area contributed by atoms with Gasteiger partial charge in [0.2, 0.25) is 0 Å². The van der Waals surface area contributed by atoms with E-state index in [-0.39, 0.29) is 6.61 Å². The number of rotatable bonds is 8. The first-order valence-corrected chi connectivity index (χ1v) is 10.4. The van der Waals surface area contributed by atoms with Gasteiger partial charge < -0.3 is 14.5 Å². The van der Waals surface area contributed by atoms with Crippen molar-refractivity contribution in [1.29, 1.82) is 5.26 Å². The van der Waals surface area contributed by atoms with Crippen LogP contribution < -0.4 is 0 Å². The van der Waals surface area contributed by atoms with Crippen LogP contribution in [0.5, 0.6) is 0 Å². The number of ether oxygens (including phenoxy) is 2. The Labute approximate surface area is 178 Å². The Morgan fingerprint density at radius 2 is 2.10 bits per heavy atom. The molecule has 2 heterocycles. The van der Waals surface area contributed by atoms with E-state index >= 15 is 0 Å². The first-order chi connectivity index (χ1) is 14.7. The highest BCUT2D eigenvalue weighted by atomic mass is 16.5. The van der Waals surface area contributed by atoms with Crippen LogP contribution in [0.2, 0.25) is 0 Å². The minimum Gasteiger partial charge on any atom is -0.496 e. The molecule has 156 valence electrons. The summed E-state index contributed by atoms with van der Waals surface area (Å²) < 4.78 is 11.2. The molecule has 1 saturated carbocycles. The molecule has 1 aliphatic carbocycles. The third-order valence-corrected chi connectivity index (χ3v) is 5.16. The standard InChI is InChI=1S/C24H28N4O2/c1-3-8-21(22-16-26-24(28-22)18-9-5-4-6-10-18)23(29-2)13-14-30-17-20-12-7-11-19(15-25)27-20/h3,7-8,11-14,16,18H,4-6,9-10,17H2,1-2H3,(H,26,28)/b8-3-,14-13+,23-21-. The van der Waals surface area contributed by atoms with Crippen LogP contribution in [0.4, 0.5) is 0 Å². The number of methoxy groups -OCH3 is 1. The van der Waals surface area contributed by atoms with Gasteiger partial charge in [-0.2, -0.15) is 5.26 Å². The fourth-order valence-corrected chi connectivity index (χ4v) is 3.66. The van der Waals surface area contributed by atoms with Crippen LogP contribution in [0.3, 0.4) is 0 Å². The third-order valence-electron chi connectivity index (χ3n) is 5.16. The zero-order valence-electron chi connectivity index (χ0n) is 17.6. The number of pyridine rings is 1. The molecule has 0 spiro atoms. The van der Waals surface area contributed by atoms with Crippen molar-refractivity contribution in [3.8, 4) is 6.07 Å². The highest BCUT2D eigenvalue weighted by Gasteiger charge is 2.19. The molecule has 6 nitrogen and oxygen atoms in total. The van der Waals surface area contributed by atoms with E-state index in [4.69, 9.17) is 14.7 Å². The van der Waals surface area contributed by atoms with Crippen molar-refractivity contribution in [2.75, 3.05) is 7.11 Å². The van der Waals surface area contributed by atoms with Crippen molar-refractivity contribution >= 4 is 5.57 Å². The van der Waals surface area contributed by atoms with Gasteiger partial charge in [-0.1, -0.05) is 37.5 Å². The second-order valence-electron chi connectivity index (χ2n) is 7.24. The molecule has 0 unspecified atom stereocenters. The first kappa shape index (κ1) is 21.4. The number of allylic oxidation sites excluding steroid dienone is 4. The van der Waals surface area contributed by atoms with Gasteiger partial charge in [0, 0.05) is 17.6 Å². The number of H-pyrrole nitrogens is 1. The Morgan fingerprint density at radius 1 is 1.27 bits per heavy atom. The number of nitriles is 1. The summed E-state index contributed by atoms with van der Waals surface area (Å²) in [6.45, 7) is 2.25. The number of nitrogens with one attached hydrogen (secondary N) is 1. The maximum absolute atomic E-state index is 8.94. The molecule has 1 N–H and O–H groups in total. The van der Waals surface area contributed by atoms with Gasteiger partial charge in [0.05, 0.1) is 31.0 Å². The molecule has 0 saturated heterocycles. The minimum atomic E-state index is 0.276. The van der Waals surface area contributed by atoms with Crippen molar-refractivity contribution in [3.63, 3.8) is 0 Å². The van der Waals surface area contributed by atoms with Crippen LogP contribution in [0.15, 0.2) is 54.6 Å². The molecule has 0 aromatic carbocycles. The van der Waals surface area contributed by atoms with E-state index < -0.39 is 0 Å². The highest BCUT2D eigenvalue weighted by molar-refractivity contribution is 5.74. The van der Waals surface area contributed by atoms with E-state index in [2.05, 4.69) is 15.0 Å². The Balaban J connectivity index is 1.73. The highest BCUT2D eigenvalue weighted by Crippen LogP contribution is 2.32. The lowest BCUT2D eigenvalue weighted by molar-refractivity contribution is 0.228. The van der Waals surface area contributed by atoms with E-state index in [1.807, 2.05) is 37.4 Å². The van der Waals surface area contributed by atoms with Crippen LogP contribution in [-0.2, 0) is 16.1 Å². The summed E-state index contributed by atoms with van der Waals surface area (Å²) in [7, 11) is 1.64. The second kappa shape index (κ2) is 11.0. The molecule has 1 aliphatic rings. The van der Waals surface area contributed by atoms with Gasteiger partial charge >= 0.3 is 0 Å². The number of aromatic nitrogens is 3. The van der Waals surface area contributed by atoms with E-state index in [9.17, 15) is 0 Å². The Bertz CT molecular complexity index is 960. The largest absolute Gasteiger partial charge is 0.496 e. The Morgan fingerprint density at radius 3 is 2.83 bits per heavy atom. The molecule has 0 amide bonds. The lowest BCUT2D eigenvalue weighted by Gasteiger charge is -2.19. The fraction of sp³-hybridized carbons (Fsp3) is 0.375. The summed E-state index contributed by atoms with van der Waals surface area (Å²) in [6, 6.07) is 7.31. The maximum Gasteiger partial charge on any atom is 0.140 e. The van der Waals surface area contributed by atoms with Gasteiger partial charge in [0.25, 0.3) is 0 Å². The Hall–Kier alpha value is -3.33. The van der Waals surface area contributed by atoms with E-state index in [1.54, 1.807) is 31.6 Å². The molecule has 3 rings (SSSR count). The van der Waals surface area contributed by atoms with E-state index in [1.165, 1.54) is 32.1 Å². The van der Waals surface area contributed by atoms with Crippen molar-refractivity contribution in [2.24, 2.45) is 0 Å². The van der Waals surface area contributed by atoms with Crippen LogP contribution in [0, 0.1) is 11.3 Å². The summed E-state index contributed by atoms with van der Waals surface area (Å²) in [4.78, 5) is 12.3. The van der Waals surface area contributed by atoms with E-state index in [0.29, 0.717) is 23.1 Å². The van der Waals surface area contributed by atoms with Crippen molar-refractivity contribution in [3.05, 3.63) is 77.6 Å². The van der Waals surface area contributed by atoms with Crippen molar-refractivity contribution in [2.45, 2.75) is 51.6 Å². The quantitative estimate of drug-likeness (QED) is 0.471. The molecule has 0 aliphatic heterocycles. The molecule has 6 heteroatoms. The van der Waals surface area contributed by atoms with Crippen LogP contribution in [0.1, 0.15) is 67.9 Å². The number of aromatic amines is 1. The number of nitrogens with zero attached hydrogens (tertiary/aromatic N) is 3. The topological polar surface area (TPSA) is 83.8 Å². The lowest BCUT2D eigenvalue weighted by atomic mass is 9.89. The monoisotopic (exact) mass is 404 g/mol. The molecule has 1 fully saturated rings. The molecule has 2 aromatic heterocycles. The predicted octanol–water partition coefficient (Wildman–Crippen LogP) is 5.39. The van der Waals surface area contributed by atoms with Gasteiger partial charge in [-0.05, 0) is 31.9 Å². The van der Waals surface area contributed by atoms with Gasteiger partial charge in [-0.25, -0.2) is 9.97 Å². The molecular weight excluding hydrogens is 376 g/mol. The average molecular weight is 405 g/mol. The molecular formula is C24H28N4O2. The van der Waals surface area contributed by atoms with Crippen LogP contribution in [0.25, 0.3) is 5.57 Å². The molecule has 0 bridgehead atoms. The van der Waals surface area contributed by atoms with Gasteiger partial charge in [-0.3, -0.25) is 0 Å². The molecule has 2 aromatic rings. The normalized spacial score (nSPS) is 15.9. The van der Waals surface area contributed by atoms with Gasteiger partial charge in [0.1, 0.15) is 30.0 Å². The summed E-state index contributed by atoms with van der Waals surface area (Å²) >= 11 is 0. The molecule has 30 heavy (non-hydrogen) atoms. The summed E-state index contributed by atoms with van der Waals surface area (Å²) in [5.74, 6) is 2.25. The lowest BCUT2D eigenvalue weighted by Crippen LogP contribution is -2.06. The first-order valence-electron chi connectivity index (χ1n) is 10.4. The van der Waals surface area contributed by atoms with Crippen LogP contribution >= 0.6 is 0 Å². The van der Waals surface area contributed by atoms with Gasteiger partial charge in [0.15, 0.2) is 0 Å². The fourth-order valence-electron chi connectivity index (χ4n) is 3.66. The second-order valence-corrected chi connectivity index (χ2v) is 7.24. The van der Waals surface area contributed by atoms with Gasteiger partial charge in [-0.15, -0.1) is 0 Å². The average Bonchev–Trinajstić information content (AvgIpc) is 3.29. The summed E-state index contributed by atoms with van der Waals surface area (Å²) in [6.07, 6.45) is 15.5. The SMILES string of the molecule is C\C=C/C(=C(\C=C\OCc1cccc(C#N)n1)OC)c1cnc(C2CCCCC2)[nH]1. The number of hydrogen-bond donors (Lipinski definition) is 1. The predicted molar refractivity (Wildman–Crippen MR) is 116 cm³/mol. The maximum atomic E-state index is 8.94. The van der Waals surface area contributed by atoms with E-state index in [0.717, 1.165) is 17.1 Å².